The summed E-state index contributed by atoms with van der Waals surface area (Å²) in [5.41, 5.74) is 4.15. The molecular formula is C25H30N2O2S. The average Bonchev–Trinajstić information content (AvgIpc) is 3.03. The summed E-state index contributed by atoms with van der Waals surface area (Å²) < 4.78 is 2.06. The van der Waals surface area contributed by atoms with Crippen LogP contribution >= 0.6 is 11.8 Å². The number of aliphatic hydroxyl groups is 1. The fraction of sp³-hybridized carbons (Fsp3) is 0.360. The van der Waals surface area contributed by atoms with E-state index in [9.17, 15) is 9.90 Å². The Labute approximate surface area is 183 Å². The van der Waals surface area contributed by atoms with E-state index >= 15 is 0 Å². The van der Waals surface area contributed by atoms with Gasteiger partial charge in [-0.05, 0) is 49.4 Å². The zero-order valence-corrected chi connectivity index (χ0v) is 19.0. The molecule has 0 aliphatic rings. The van der Waals surface area contributed by atoms with E-state index in [0.29, 0.717) is 18.4 Å². The van der Waals surface area contributed by atoms with Gasteiger partial charge in [0.2, 0.25) is 0 Å². The number of aromatic nitrogens is 2. The van der Waals surface area contributed by atoms with Crippen LogP contribution in [0.25, 0.3) is 0 Å². The number of carbonyl (C=O) groups is 1. The van der Waals surface area contributed by atoms with Crippen molar-refractivity contribution < 1.29 is 9.90 Å². The number of Topliss-reactive ketones (excluding diaryl/α,β-unsaturated/α-hetero) is 1. The second-order valence-corrected chi connectivity index (χ2v) is 9.06. The van der Waals surface area contributed by atoms with E-state index in [-0.39, 0.29) is 24.9 Å². The smallest absolute Gasteiger partial charge is 0.182 e. The fourth-order valence-electron chi connectivity index (χ4n) is 3.54. The van der Waals surface area contributed by atoms with Crippen molar-refractivity contribution in [1.82, 2.24) is 9.55 Å². The molecule has 0 atom stereocenters. The molecule has 0 amide bonds. The van der Waals surface area contributed by atoms with Crippen LogP contribution in [0.5, 0.6) is 0 Å². The quantitative estimate of drug-likeness (QED) is 0.457. The molecule has 0 radical (unpaired) electrons. The Hall–Kier alpha value is -2.37. The number of benzene rings is 2. The second kappa shape index (κ2) is 10.1. The molecular weight excluding hydrogens is 392 g/mol. The number of hydrogen-bond donors (Lipinski definition) is 1. The van der Waals surface area contributed by atoms with E-state index in [1.165, 1.54) is 11.1 Å². The summed E-state index contributed by atoms with van der Waals surface area (Å²) in [6.07, 6.45) is 1.27. The van der Waals surface area contributed by atoms with E-state index in [1.807, 2.05) is 30.3 Å². The first-order chi connectivity index (χ1) is 14.4. The Morgan fingerprint density at radius 3 is 2.37 bits per heavy atom. The number of ketones is 1. The zero-order valence-electron chi connectivity index (χ0n) is 18.2. The van der Waals surface area contributed by atoms with Crippen LogP contribution in [0.3, 0.4) is 0 Å². The molecule has 0 spiro atoms. The summed E-state index contributed by atoms with van der Waals surface area (Å²) in [7, 11) is 0. The average molecular weight is 423 g/mol. The number of aliphatic hydroxyl groups excluding tert-OH is 1. The van der Waals surface area contributed by atoms with Crippen molar-refractivity contribution in [1.29, 1.82) is 0 Å². The molecule has 0 unspecified atom stereocenters. The van der Waals surface area contributed by atoms with E-state index in [4.69, 9.17) is 4.98 Å². The first-order valence-electron chi connectivity index (χ1n) is 10.4. The molecule has 158 valence electrons. The van der Waals surface area contributed by atoms with Crippen molar-refractivity contribution in [3.8, 4) is 0 Å². The van der Waals surface area contributed by atoms with Gasteiger partial charge in [-0.3, -0.25) is 4.79 Å². The third-order valence-electron chi connectivity index (χ3n) is 4.94. The molecule has 0 saturated carbocycles. The van der Waals surface area contributed by atoms with Gasteiger partial charge < -0.3 is 9.67 Å². The molecule has 2 aromatic carbocycles. The fourth-order valence-corrected chi connectivity index (χ4v) is 4.92. The maximum absolute atomic E-state index is 13.0. The van der Waals surface area contributed by atoms with Gasteiger partial charge in [0.05, 0.1) is 12.2 Å². The summed E-state index contributed by atoms with van der Waals surface area (Å²) in [4.78, 5) is 19.1. The second-order valence-electron chi connectivity index (χ2n) is 8.00. The highest BCUT2D eigenvalue weighted by Gasteiger charge is 2.22. The minimum Gasteiger partial charge on any atom is -0.396 e. The van der Waals surface area contributed by atoms with Crippen LogP contribution in [-0.2, 0) is 13.0 Å². The minimum atomic E-state index is 0.0656. The van der Waals surface area contributed by atoms with Crippen LogP contribution in [0.4, 0.5) is 0 Å². The molecule has 0 aliphatic carbocycles. The highest BCUT2D eigenvalue weighted by atomic mass is 32.2. The molecule has 30 heavy (non-hydrogen) atoms. The highest BCUT2D eigenvalue weighted by Crippen LogP contribution is 2.36. The Morgan fingerprint density at radius 1 is 1.10 bits per heavy atom. The van der Waals surface area contributed by atoms with Crippen molar-refractivity contribution in [2.75, 3.05) is 6.61 Å². The first kappa shape index (κ1) is 22.3. The molecule has 4 nitrogen and oxygen atoms in total. The highest BCUT2D eigenvalue weighted by molar-refractivity contribution is 7.99. The van der Waals surface area contributed by atoms with E-state index in [2.05, 4.69) is 50.5 Å². The molecule has 0 saturated heterocycles. The van der Waals surface area contributed by atoms with Crippen LogP contribution in [0, 0.1) is 13.8 Å². The van der Waals surface area contributed by atoms with Gasteiger partial charge in [0, 0.05) is 23.5 Å². The third-order valence-corrected chi connectivity index (χ3v) is 6.03. The minimum absolute atomic E-state index is 0.0656. The number of hydrogen-bond acceptors (Lipinski definition) is 4. The van der Waals surface area contributed by atoms with Crippen LogP contribution in [-0.4, -0.2) is 27.0 Å². The summed E-state index contributed by atoms with van der Waals surface area (Å²) in [5, 5.41) is 10.4. The van der Waals surface area contributed by atoms with Gasteiger partial charge in [-0.15, -0.1) is 0 Å². The number of nitrogens with zero attached hydrogens (tertiary/aromatic N) is 2. The number of imidazole rings is 1. The predicted molar refractivity (Wildman–Crippen MR) is 123 cm³/mol. The van der Waals surface area contributed by atoms with Gasteiger partial charge in [-0.2, -0.15) is 0 Å². The Kier molecular flexibility index (Phi) is 7.51. The van der Waals surface area contributed by atoms with Crippen molar-refractivity contribution in [2.24, 2.45) is 0 Å². The van der Waals surface area contributed by atoms with Gasteiger partial charge in [0.15, 0.2) is 5.78 Å². The number of carbonyl (C=O) groups excluding carboxylic acids is 1. The molecule has 1 heterocycles. The lowest BCUT2D eigenvalue weighted by molar-refractivity contribution is 0.0968. The van der Waals surface area contributed by atoms with E-state index in [0.717, 1.165) is 21.4 Å². The molecule has 3 aromatic rings. The van der Waals surface area contributed by atoms with Crippen molar-refractivity contribution in [2.45, 2.75) is 62.9 Å². The Morgan fingerprint density at radius 2 is 1.77 bits per heavy atom. The number of aryl methyl sites for hydroxylation is 3. The summed E-state index contributed by atoms with van der Waals surface area (Å²) >= 11 is 1.67. The Bertz CT molecular complexity index is 989. The maximum atomic E-state index is 13.0. The standard InChI is InChI=1S/C25H30N2O2S/c1-17(2)24-25(30-21-14-18(3)13-19(4)15-21)27(23(26-24)11-8-12-28)16-22(29)20-9-6-5-7-10-20/h5-7,9-10,13-15,17,28H,8,11-12,16H2,1-4H3. The topological polar surface area (TPSA) is 55.1 Å². The summed E-state index contributed by atoms with van der Waals surface area (Å²) in [6.45, 7) is 8.82. The monoisotopic (exact) mass is 422 g/mol. The van der Waals surface area contributed by atoms with E-state index < -0.39 is 0 Å². The van der Waals surface area contributed by atoms with Gasteiger partial charge in [0.1, 0.15) is 10.9 Å². The number of rotatable bonds is 9. The van der Waals surface area contributed by atoms with Gasteiger partial charge in [-0.1, -0.05) is 62.0 Å². The lowest BCUT2D eigenvalue weighted by atomic mass is 10.1. The predicted octanol–water partition coefficient (Wildman–Crippen LogP) is 5.58. The zero-order chi connectivity index (χ0) is 21.7. The van der Waals surface area contributed by atoms with Gasteiger partial charge in [0.25, 0.3) is 0 Å². The molecule has 0 fully saturated rings. The van der Waals surface area contributed by atoms with Crippen LogP contribution in [0.15, 0.2) is 58.5 Å². The van der Waals surface area contributed by atoms with Crippen LogP contribution in [0.1, 0.15) is 59.2 Å². The van der Waals surface area contributed by atoms with Gasteiger partial charge >= 0.3 is 0 Å². The van der Waals surface area contributed by atoms with Gasteiger partial charge in [-0.25, -0.2) is 4.98 Å². The lowest BCUT2D eigenvalue weighted by Gasteiger charge is -2.14. The van der Waals surface area contributed by atoms with Crippen LogP contribution in [0.2, 0.25) is 0 Å². The van der Waals surface area contributed by atoms with Crippen LogP contribution < -0.4 is 0 Å². The Balaban J connectivity index is 2.05. The van der Waals surface area contributed by atoms with Crippen molar-refractivity contribution in [3.05, 3.63) is 76.7 Å². The molecule has 5 heteroatoms. The SMILES string of the molecule is Cc1cc(C)cc(Sc2c(C(C)C)nc(CCCO)n2CC(=O)c2ccccc2)c1. The normalized spacial score (nSPS) is 11.3. The molecule has 0 bridgehead atoms. The molecule has 0 aliphatic heterocycles. The molecule has 1 N–H and O–H groups in total. The summed E-state index contributed by atoms with van der Waals surface area (Å²) in [6, 6.07) is 15.9. The molecule has 3 rings (SSSR count). The maximum Gasteiger partial charge on any atom is 0.182 e. The largest absolute Gasteiger partial charge is 0.396 e. The lowest BCUT2D eigenvalue weighted by Crippen LogP contribution is -2.14. The van der Waals surface area contributed by atoms with E-state index in [1.54, 1.807) is 11.8 Å². The van der Waals surface area contributed by atoms with Crippen molar-refractivity contribution in [3.63, 3.8) is 0 Å². The van der Waals surface area contributed by atoms with Crippen molar-refractivity contribution >= 4 is 17.5 Å². The first-order valence-corrected chi connectivity index (χ1v) is 11.2. The third kappa shape index (κ3) is 5.41. The molecule has 1 aromatic heterocycles. The summed E-state index contributed by atoms with van der Waals surface area (Å²) in [5.74, 6) is 1.17.